The minimum absolute atomic E-state index is 0.0383. The molecule has 0 aromatic carbocycles. The molecule has 116 valence electrons. The molecule has 0 amide bonds. The molecular weight excluding hydrogens is 254 g/mol. The van der Waals surface area contributed by atoms with Crippen molar-refractivity contribution in [2.45, 2.75) is 32.2 Å². The van der Waals surface area contributed by atoms with Gasteiger partial charge in [-0.2, -0.15) is 0 Å². The standard InChI is InChI=1S/C15H29N3O2/c1-13(2)12-17-8-4-15(5-9-17,14(19)20-3)18-10-6-16-7-11-18/h13,16H,4-12H2,1-3H3. The highest BCUT2D eigenvalue weighted by atomic mass is 16.5. The summed E-state index contributed by atoms with van der Waals surface area (Å²) in [7, 11) is 1.52. The summed E-state index contributed by atoms with van der Waals surface area (Å²) in [6.07, 6.45) is 1.79. The summed E-state index contributed by atoms with van der Waals surface area (Å²) in [6, 6.07) is 0. The van der Waals surface area contributed by atoms with E-state index < -0.39 is 0 Å². The number of piperidine rings is 1. The molecule has 2 rings (SSSR count). The highest BCUT2D eigenvalue weighted by molar-refractivity contribution is 5.81. The second-order valence-corrected chi connectivity index (χ2v) is 6.45. The summed E-state index contributed by atoms with van der Waals surface area (Å²) < 4.78 is 5.14. The Labute approximate surface area is 122 Å². The van der Waals surface area contributed by atoms with Gasteiger partial charge < -0.3 is 15.0 Å². The molecule has 0 unspecified atom stereocenters. The molecule has 2 aliphatic rings. The van der Waals surface area contributed by atoms with Crippen molar-refractivity contribution in [2.75, 3.05) is 52.9 Å². The van der Waals surface area contributed by atoms with Crippen molar-refractivity contribution < 1.29 is 9.53 Å². The van der Waals surface area contributed by atoms with Gasteiger partial charge in [-0.05, 0) is 18.8 Å². The van der Waals surface area contributed by atoms with E-state index >= 15 is 0 Å². The zero-order valence-corrected chi connectivity index (χ0v) is 13.2. The van der Waals surface area contributed by atoms with Gasteiger partial charge in [0.15, 0.2) is 0 Å². The van der Waals surface area contributed by atoms with Gasteiger partial charge in [0.25, 0.3) is 0 Å². The molecule has 0 spiro atoms. The largest absolute Gasteiger partial charge is 0.468 e. The Morgan fingerprint density at radius 3 is 2.30 bits per heavy atom. The van der Waals surface area contributed by atoms with Crippen molar-refractivity contribution in [1.82, 2.24) is 15.1 Å². The predicted molar refractivity (Wildman–Crippen MR) is 79.7 cm³/mol. The molecule has 2 saturated heterocycles. The number of hydrogen-bond acceptors (Lipinski definition) is 5. The molecule has 0 atom stereocenters. The molecular formula is C15H29N3O2. The first kappa shape index (κ1) is 15.7. The van der Waals surface area contributed by atoms with E-state index in [1.165, 1.54) is 7.11 Å². The van der Waals surface area contributed by atoms with Crippen LogP contribution >= 0.6 is 0 Å². The summed E-state index contributed by atoms with van der Waals surface area (Å²) in [5.74, 6) is 0.642. The van der Waals surface area contributed by atoms with E-state index in [-0.39, 0.29) is 11.5 Å². The number of rotatable bonds is 4. The van der Waals surface area contributed by atoms with Crippen LogP contribution in [-0.4, -0.2) is 74.2 Å². The Morgan fingerprint density at radius 2 is 1.80 bits per heavy atom. The van der Waals surface area contributed by atoms with Gasteiger partial charge in [-0.3, -0.25) is 9.69 Å². The van der Waals surface area contributed by atoms with Gasteiger partial charge >= 0.3 is 5.97 Å². The lowest BCUT2D eigenvalue weighted by atomic mass is 9.84. The number of ether oxygens (including phenoxy) is 1. The van der Waals surface area contributed by atoms with E-state index in [0.717, 1.165) is 58.7 Å². The van der Waals surface area contributed by atoms with Crippen LogP contribution in [0.1, 0.15) is 26.7 Å². The predicted octanol–water partition coefficient (Wildman–Crippen LogP) is 0.555. The third-order valence-corrected chi connectivity index (χ3v) is 4.59. The number of nitrogens with one attached hydrogen (secondary N) is 1. The van der Waals surface area contributed by atoms with E-state index in [4.69, 9.17) is 4.74 Å². The zero-order valence-electron chi connectivity index (χ0n) is 13.2. The highest BCUT2D eigenvalue weighted by Gasteiger charge is 2.47. The van der Waals surface area contributed by atoms with Crippen LogP contribution in [0.5, 0.6) is 0 Å². The van der Waals surface area contributed by atoms with Crippen LogP contribution in [0.2, 0.25) is 0 Å². The number of likely N-dealkylation sites (tertiary alicyclic amines) is 1. The van der Waals surface area contributed by atoms with Crippen LogP contribution < -0.4 is 5.32 Å². The number of hydrogen-bond donors (Lipinski definition) is 1. The fraction of sp³-hybridized carbons (Fsp3) is 0.933. The molecule has 0 radical (unpaired) electrons. The molecule has 0 aromatic heterocycles. The molecule has 2 fully saturated rings. The molecule has 5 heteroatoms. The monoisotopic (exact) mass is 283 g/mol. The Balaban J connectivity index is 2.04. The lowest BCUT2D eigenvalue weighted by molar-refractivity contribution is -0.160. The third-order valence-electron chi connectivity index (χ3n) is 4.59. The third kappa shape index (κ3) is 3.32. The number of piperazine rings is 1. The van der Waals surface area contributed by atoms with Crippen molar-refractivity contribution in [2.24, 2.45) is 5.92 Å². The van der Waals surface area contributed by atoms with Crippen molar-refractivity contribution in [3.63, 3.8) is 0 Å². The van der Waals surface area contributed by atoms with Gasteiger partial charge in [-0.1, -0.05) is 13.8 Å². The van der Waals surface area contributed by atoms with Gasteiger partial charge in [0.2, 0.25) is 0 Å². The molecule has 0 bridgehead atoms. The lowest BCUT2D eigenvalue weighted by Gasteiger charge is -2.48. The molecule has 2 heterocycles. The number of esters is 1. The van der Waals surface area contributed by atoms with Crippen molar-refractivity contribution in [1.29, 1.82) is 0 Å². The van der Waals surface area contributed by atoms with E-state index in [1.807, 2.05) is 0 Å². The second-order valence-electron chi connectivity index (χ2n) is 6.45. The van der Waals surface area contributed by atoms with Crippen molar-refractivity contribution >= 4 is 5.97 Å². The first-order valence-electron chi connectivity index (χ1n) is 7.85. The Morgan fingerprint density at radius 1 is 1.20 bits per heavy atom. The first-order valence-corrected chi connectivity index (χ1v) is 7.85. The number of methoxy groups -OCH3 is 1. The molecule has 1 N–H and O–H groups in total. The normalized spacial score (nSPS) is 24.8. The van der Waals surface area contributed by atoms with Gasteiger partial charge in [0.1, 0.15) is 5.54 Å². The Kier molecular flexibility index (Phi) is 5.41. The van der Waals surface area contributed by atoms with Gasteiger partial charge in [-0.25, -0.2) is 0 Å². The van der Waals surface area contributed by atoms with Crippen molar-refractivity contribution in [3.8, 4) is 0 Å². The maximum atomic E-state index is 12.4. The maximum absolute atomic E-state index is 12.4. The van der Waals surface area contributed by atoms with Crippen LogP contribution in [0.4, 0.5) is 0 Å². The average molecular weight is 283 g/mol. The number of nitrogens with zero attached hydrogens (tertiary/aromatic N) is 2. The quantitative estimate of drug-likeness (QED) is 0.764. The summed E-state index contributed by atoms with van der Waals surface area (Å²) in [4.78, 5) is 17.2. The van der Waals surface area contributed by atoms with Crippen LogP contribution in [0.15, 0.2) is 0 Å². The molecule has 0 saturated carbocycles. The topological polar surface area (TPSA) is 44.8 Å². The van der Waals surface area contributed by atoms with Gasteiger partial charge in [0.05, 0.1) is 7.11 Å². The Bertz CT molecular complexity index is 319. The molecule has 5 nitrogen and oxygen atoms in total. The van der Waals surface area contributed by atoms with E-state index in [2.05, 4.69) is 29.0 Å². The summed E-state index contributed by atoms with van der Waals surface area (Å²) in [5.41, 5.74) is -0.385. The molecule has 2 aliphatic heterocycles. The molecule has 20 heavy (non-hydrogen) atoms. The maximum Gasteiger partial charge on any atom is 0.326 e. The van der Waals surface area contributed by atoms with E-state index in [0.29, 0.717) is 5.92 Å². The number of carbonyl (C=O) groups excluding carboxylic acids is 1. The lowest BCUT2D eigenvalue weighted by Crippen LogP contribution is -2.64. The summed E-state index contributed by atoms with van der Waals surface area (Å²) in [5, 5.41) is 3.36. The number of carbonyl (C=O) groups is 1. The SMILES string of the molecule is COC(=O)C1(N2CCNCC2)CCN(CC(C)C)CC1. The van der Waals surface area contributed by atoms with Crippen LogP contribution in [0.25, 0.3) is 0 Å². The van der Waals surface area contributed by atoms with Crippen LogP contribution in [0.3, 0.4) is 0 Å². The zero-order chi connectivity index (χ0) is 14.6. The summed E-state index contributed by atoms with van der Waals surface area (Å²) in [6.45, 7) is 11.4. The fourth-order valence-electron chi connectivity index (χ4n) is 3.55. The van der Waals surface area contributed by atoms with Crippen LogP contribution in [0, 0.1) is 5.92 Å². The van der Waals surface area contributed by atoms with Crippen molar-refractivity contribution in [3.05, 3.63) is 0 Å². The molecule has 0 aliphatic carbocycles. The van der Waals surface area contributed by atoms with E-state index in [9.17, 15) is 4.79 Å². The highest BCUT2D eigenvalue weighted by Crippen LogP contribution is 2.31. The first-order chi connectivity index (χ1) is 9.58. The van der Waals surface area contributed by atoms with E-state index in [1.54, 1.807) is 0 Å². The fourth-order valence-corrected chi connectivity index (χ4v) is 3.55. The summed E-state index contributed by atoms with van der Waals surface area (Å²) >= 11 is 0. The Hall–Kier alpha value is -0.650. The second kappa shape index (κ2) is 6.87. The molecule has 0 aromatic rings. The van der Waals surface area contributed by atoms with Gasteiger partial charge in [-0.15, -0.1) is 0 Å². The minimum Gasteiger partial charge on any atom is -0.468 e. The van der Waals surface area contributed by atoms with Gasteiger partial charge in [0, 0.05) is 45.8 Å². The van der Waals surface area contributed by atoms with Crippen LogP contribution in [-0.2, 0) is 9.53 Å². The minimum atomic E-state index is -0.385. The smallest absolute Gasteiger partial charge is 0.326 e. The average Bonchev–Trinajstić information content (AvgIpc) is 2.48.